The molecule has 1 fully saturated rings. The lowest BCUT2D eigenvalue weighted by Crippen LogP contribution is -2.48. The third-order valence-electron chi connectivity index (χ3n) is 4.00. The van der Waals surface area contributed by atoms with Crippen molar-refractivity contribution >= 4 is 23.4 Å². The minimum Gasteiger partial charge on any atom is -0.273 e. The maximum absolute atomic E-state index is 12.9. The molecule has 3 rings (SSSR count). The highest BCUT2D eigenvalue weighted by molar-refractivity contribution is 6.05. The van der Waals surface area contributed by atoms with E-state index in [-0.39, 0.29) is 30.6 Å². The number of hydrogen-bond acceptors (Lipinski definition) is 5. The fourth-order valence-electron chi connectivity index (χ4n) is 2.70. The van der Waals surface area contributed by atoms with Crippen molar-refractivity contribution in [1.82, 2.24) is 10.0 Å². The van der Waals surface area contributed by atoms with Crippen molar-refractivity contribution in [2.45, 2.75) is 19.4 Å². The second kappa shape index (κ2) is 7.14. The first-order valence-corrected chi connectivity index (χ1v) is 7.93. The van der Waals surface area contributed by atoms with Gasteiger partial charge in [-0.3, -0.25) is 24.5 Å². The van der Waals surface area contributed by atoms with Crippen LogP contribution in [0.5, 0.6) is 0 Å². The first kappa shape index (κ1) is 17.3. The molecule has 1 heterocycles. The van der Waals surface area contributed by atoms with Crippen LogP contribution in [-0.4, -0.2) is 32.7 Å². The number of nitro benzene ring substituents is 1. The maximum Gasteiger partial charge on any atom is 0.273 e. The van der Waals surface area contributed by atoms with E-state index in [9.17, 15) is 24.5 Å². The molecule has 2 aromatic rings. The summed E-state index contributed by atoms with van der Waals surface area (Å²) in [6.45, 7) is 0.0359. The molecule has 8 nitrogen and oxygen atoms in total. The number of hydrogen-bond donors (Lipinski definition) is 0. The predicted molar refractivity (Wildman–Crippen MR) is 90.5 cm³/mol. The number of benzene rings is 2. The van der Waals surface area contributed by atoms with Gasteiger partial charge in [0.2, 0.25) is 11.8 Å². The minimum atomic E-state index is -0.577. The van der Waals surface area contributed by atoms with Crippen molar-refractivity contribution in [2.24, 2.45) is 0 Å². The molecule has 1 aliphatic heterocycles. The molecule has 0 atom stereocenters. The van der Waals surface area contributed by atoms with Crippen molar-refractivity contribution < 1.29 is 19.3 Å². The van der Waals surface area contributed by atoms with Gasteiger partial charge in [-0.25, -0.2) is 5.01 Å². The van der Waals surface area contributed by atoms with Crippen molar-refractivity contribution in [1.29, 1.82) is 0 Å². The van der Waals surface area contributed by atoms with Crippen molar-refractivity contribution in [3.63, 3.8) is 0 Å². The van der Waals surface area contributed by atoms with E-state index < -0.39 is 22.6 Å². The third kappa shape index (κ3) is 3.44. The molecule has 132 valence electrons. The van der Waals surface area contributed by atoms with Gasteiger partial charge in [0, 0.05) is 30.5 Å². The average Bonchev–Trinajstić information content (AvgIpc) is 2.98. The van der Waals surface area contributed by atoms with Gasteiger partial charge in [0.25, 0.3) is 11.6 Å². The highest BCUT2D eigenvalue weighted by Crippen LogP contribution is 2.21. The summed E-state index contributed by atoms with van der Waals surface area (Å²) in [5.74, 6) is -1.46. The van der Waals surface area contributed by atoms with Crippen LogP contribution in [0.1, 0.15) is 28.8 Å². The first-order chi connectivity index (χ1) is 12.5. The van der Waals surface area contributed by atoms with Crippen LogP contribution in [-0.2, 0) is 16.1 Å². The lowest BCUT2D eigenvalue weighted by Gasteiger charge is -2.30. The van der Waals surface area contributed by atoms with E-state index in [0.717, 1.165) is 15.6 Å². The molecule has 0 radical (unpaired) electrons. The Balaban J connectivity index is 1.93. The van der Waals surface area contributed by atoms with Crippen molar-refractivity contribution in [2.75, 3.05) is 0 Å². The SMILES string of the molecule is O=C(c1ccc([N+](=O)[O-])cc1)N(Cc1ccccc1)N1C(=O)CCC1=O. The van der Waals surface area contributed by atoms with Crippen LogP contribution in [0.25, 0.3) is 0 Å². The number of nitro groups is 1. The Labute approximate surface area is 148 Å². The zero-order valence-electron chi connectivity index (χ0n) is 13.7. The van der Waals surface area contributed by atoms with E-state index in [2.05, 4.69) is 0 Å². The van der Waals surface area contributed by atoms with E-state index in [1.807, 2.05) is 6.07 Å². The summed E-state index contributed by atoms with van der Waals surface area (Å²) >= 11 is 0. The van der Waals surface area contributed by atoms with Crippen molar-refractivity contribution in [3.8, 4) is 0 Å². The second-order valence-corrected chi connectivity index (χ2v) is 5.75. The Morgan fingerprint density at radius 2 is 1.58 bits per heavy atom. The summed E-state index contributed by atoms with van der Waals surface area (Å²) in [6, 6.07) is 14.0. The van der Waals surface area contributed by atoms with Gasteiger partial charge >= 0.3 is 0 Å². The molecule has 2 aromatic carbocycles. The molecule has 0 spiro atoms. The number of imide groups is 1. The van der Waals surface area contributed by atoms with Crippen LogP contribution in [0, 0.1) is 10.1 Å². The summed E-state index contributed by atoms with van der Waals surface area (Å²) < 4.78 is 0. The lowest BCUT2D eigenvalue weighted by molar-refractivity contribution is -0.384. The summed E-state index contributed by atoms with van der Waals surface area (Å²) in [6.07, 6.45) is 0.106. The quantitative estimate of drug-likeness (QED) is 0.466. The molecule has 0 unspecified atom stereocenters. The Morgan fingerprint density at radius 1 is 1.00 bits per heavy atom. The normalized spacial score (nSPS) is 13.8. The van der Waals surface area contributed by atoms with E-state index in [4.69, 9.17) is 0 Å². The zero-order chi connectivity index (χ0) is 18.7. The fraction of sp³-hybridized carbons (Fsp3) is 0.167. The monoisotopic (exact) mass is 353 g/mol. The lowest BCUT2D eigenvalue weighted by atomic mass is 10.1. The molecule has 26 heavy (non-hydrogen) atoms. The van der Waals surface area contributed by atoms with Gasteiger partial charge in [-0.05, 0) is 17.7 Å². The number of rotatable bonds is 5. The van der Waals surface area contributed by atoms with Gasteiger partial charge in [-0.15, -0.1) is 0 Å². The number of hydrazine groups is 1. The van der Waals surface area contributed by atoms with Gasteiger partial charge in [0.15, 0.2) is 0 Å². The molecular formula is C18H15N3O5. The van der Waals surface area contributed by atoms with Gasteiger partial charge in [-0.2, -0.15) is 5.01 Å². The molecule has 1 saturated heterocycles. The standard InChI is InChI=1S/C18H15N3O5/c22-16-10-11-17(23)20(16)19(12-13-4-2-1-3-5-13)18(24)14-6-8-15(9-7-14)21(25)26/h1-9H,10-12H2. The van der Waals surface area contributed by atoms with E-state index in [1.165, 1.54) is 24.3 Å². The largest absolute Gasteiger partial charge is 0.273 e. The zero-order valence-corrected chi connectivity index (χ0v) is 13.7. The number of non-ortho nitro benzene ring substituents is 1. The van der Waals surface area contributed by atoms with E-state index in [1.54, 1.807) is 24.3 Å². The highest BCUT2D eigenvalue weighted by Gasteiger charge is 2.37. The Hall–Kier alpha value is -3.55. The van der Waals surface area contributed by atoms with Crippen LogP contribution in [0.2, 0.25) is 0 Å². The molecule has 0 aliphatic carbocycles. The van der Waals surface area contributed by atoms with Crippen LogP contribution in [0.15, 0.2) is 54.6 Å². The molecule has 0 aromatic heterocycles. The number of nitrogens with zero attached hydrogens (tertiary/aromatic N) is 3. The molecule has 0 saturated carbocycles. The van der Waals surface area contributed by atoms with Gasteiger partial charge in [0.1, 0.15) is 0 Å². The minimum absolute atomic E-state index is 0.0359. The Morgan fingerprint density at radius 3 is 2.12 bits per heavy atom. The Bertz CT molecular complexity index is 848. The first-order valence-electron chi connectivity index (χ1n) is 7.93. The van der Waals surface area contributed by atoms with Crippen LogP contribution >= 0.6 is 0 Å². The third-order valence-corrected chi connectivity index (χ3v) is 4.00. The van der Waals surface area contributed by atoms with Crippen LogP contribution < -0.4 is 0 Å². The fourth-order valence-corrected chi connectivity index (χ4v) is 2.70. The summed E-state index contributed by atoms with van der Waals surface area (Å²) in [5.41, 5.74) is 0.749. The molecular weight excluding hydrogens is 338 g/mol. The molecule has 3 amide bonds. The van der Waals surface area contributed by atoms with Crippen LogP contribution in [0.3, 0.4) is 0 Å². The van der Waals surface area contributed by atoms with Crippen molar-refractivity contribution in [3.05, 3.63) is 75.8 Å². The Kier molecular flexibility index (Phi) is 4.74. The number of carbonyl (C=O) groups is 3. The van der Waals surface area contributed by atoms with Gasteiger partial charge in [0.05, 0.1) is 11.5 Å². The summed E-state index contributed by atoms with van der Waals surface area (Å²) in [4.78, 5) is 47.4. The van der Waals surface area contributed by atoms with Gasteiger partial charge in [-0.1, -0.05) is 30.3 Å². The molecule has 1 aliphatic rings. The second-order valence-electron chi connectivity index (χ2n) is 5.75. The molecule has 8 heteroatoms. The summed E-state index contributed by atoms with van der Waals surface area (Å²) in [5, 5.41) is 12.7. The summed E-state index contributed by atoms with van der Waals surface area (Å²) in [7, 11) is 0. The maximum atomic E-state index is 12.9. The molecule has 0 bridgehead atoms. The van der Waals surface area contributed by atoms with E-state index in [0.29, 0.717) is 0 Å². The van der Waals surface area contributed by atoms with Gasteiger partial charge < -0.3 is 0 Å². The topological polar surface area (TPSA) is 101 Å². The van der Waals surface area contributed by atoms with E-state index >= 15 is 0 Å². The smallest absolute Gasteiger partial charge is 0.273 e. The predicted octanol–water partition coefficient (Wildman–Crippen LogP) is 2.30. The molecule has 0 N–H and O–H groups in total. The highest BCUT2D eigenvalue weighted by atomic mass is 16.6. The number of amides is 3. The average molecular weight is 353 g/mol. The van der Waals surface area contributed by atoms with Crippen LogP contribution in [0.4, 0.5) is 5.69 Å². The number of carbonyl (C=O) groups excluding carboxylic acids is 3.